The van der Waals surface area contributed by atoms with Crippen LogP contribution in [0.4, 0.5) is 0 Å². The summed E-state index contributed by atoms with van der Waals surface area (Å²) in [6.07, 6.45) is 0. The van der Waals surface area contributed by atoms with Crippen LogP contribution >= 0.6 is 0 Å². The second kappa shape index (κ2) is 9.06. The molecule has 0 saturated heterocycles. The molecule has 0 atom stereocenters. The fourth-order valence-corrected chi connectivity index (χ4v) is 7.25. The minimum Gasteiger partial charge on any atom is -0.456 e. The molecule has 0 radical (unpaired) electrons. The van der Waals surface area contributed by atoms with E-state index in [1.54, 1.807) is 4.52 Å². The average Bonchev–Trinajstić information content (AvgIpc) is 3.82. The molecule has 0 amide bonds. The Morgan fingerprint density at radius 2 is 1.20 bits per heavy atom. The van der Waals surface area contributed by atoms with E-state index >= 15 is 0 Å². The number of hydrogen-bond acceptors (Lipinski definition) is 3. The molecule has 0 spiro atoms. The molecule has 46 heavy (non-hydrogen) atoms. The number of fused-ring (bicyclic) bond motifs is 10. The molecule has 0 saturated carbocycles. The molecule has 4 heterocycles. The number of para-hydroxylation sites is 2. The monoisotopic (exact) mass is 593 g/mol. The van der Waals surface area contributed by atoms with Crippen LogP contribution in [0.5, 0.6) is 0 Å². The number of nitrogens with zero attached hydrogens (tertiary/aromatic N) is 3. The van der Waals surface area contributed by atoms with Crippen molar-refractivity contribution in [3.8, 4) is 27.9 Å². The Balaban J connectivity index is 1.26. The Hall–Kier alpha value is -6.40. The minimum absolute atomic E-state index is 0.337. The maximum absolute atomic E-state index is 14.3. The quantitative estimate of drug-likeness (QED) is 0.206. The molecule has 6 aromatic carbocycles. The van der Waals surface area contributed by atoms with E-state index in [0.29, 0.717) is 21.9 Å². The van der Waals surface area contributed by atoms with Gasteiger partial charge in [-0.05, 0) is 64.7 Å². The number of aromatic nitrogens is 3. The van der Waals surface area contributed by atoms with Crippen LogP contribution in [-0.4, -0.2) is 13.6 Å². The van der Waals surface area contributed by atoms with Gasteiger partial charge in [-0.25, -0.2) is 4.52 Å². The van der Waals surface area contributed by atoms with Gasteiger partial charge < -0.3 is 8.98 Å². The lowest BCUT2D eigenvalue weighted by Crippen LogP contribution is -2.22. The lowest BCUT2D eigenvalue weighted by molar-refractivity contribution is 0.669. The summed E-state index contributed by atoms with van der Waals surface area (Å²) in [6, 6.07) is 46.2. The van der Waals surface area contributed by atoms with Crippen molar-refractivity contribution in [2.45, 2.75) is 0 Å². The van der Waals surface area contributed by atoms with Crippen LogP contribution in [0.2, 0.25) is 0 Å². The summed E-state index contributed by atoms with van der Waals surface area (Å²) in [4.78, 5) is 28.5. The highest BCUT2D eigenvalue weighted by Gasteiger charge is 2.25. The van der Waals surface area contributed by atoms with Gasteiger partial charge >= 0.3 is 0 Å². The molecule has 0 aliphatic rings. The molecule has 0 N–H and O–H groups in total. The summed E-state index contributed by atoms with van der Waals surface area (Å²) >= 11 is 0. The van der Waals surface area contributed by atoms with Crippen LogP contribution in [0, 0.1) is 0 Å². The van der Waals surface area contributed by atoms with Crippen LogP contribution in [0.25, 0.3) is 82.7 Å². The standard InChI is InChI=1S/C40H23N3O3/c44-39-31-23-26(28-16-9-19-35-36(28)30-15-5-7-18-34(30)46-35)20-21-33(31)42-37-29-14-4-6-17-32(29)41(38(37)40(45)43(39)42)27-13-8-12-25(22-27)24-10-2-1-3-11-24/h1-23H. The average molecular weight is 594 g/mol. The largest absolute Gasteiger partial charge is 0.456 e. The van der Waals surface area contributed by atoms with Crippen molar-refractivity contribution in [3.05, 3.63) is 160 Å². The van der Waals surface area contributed by atoms with E-state index in [-0.39, 0.29) is 11.1 Å². The number of rotatable bonds is 3. The Labute approximate surface area is 260 Å². The number of benzene rings is 6. The number of furan rings is 1. The Morgan fingerprint density at radius 3 is 2.09 bits per heavy atom. The van der Waals surface area contributed by atoms with Crippen molar-refractivity contribution in [1.29, 1.82) is 0 Å². The maximum Gasteiger partial charge on any atom is 0.299 e. The zero-order chi connectivity index (χ0) is 30.5. The molecule has 4 aromatic heterocycles. The SMILES string of the molecule is O=c1c2cc(-c3cccc4oc5ccccc5c34)ccc2n2c3c4ccccc4n(-c4cccc(-c5ccccc5)c4)c3c(=O)n12. The van der Waals surface area contributed by atoms with Gasteiger partial charge in [-0.15, -0.1) is 0 Å². The third kappa shape index (κ3) is 3.24. The van der Waals surface area contributed by atoms with E-state index in [0.717, 1.165) is 60.8 Å². The Kier molecular flexibility index (Phi) is 4.92. The third-order valence-corrected chi connectivity index (χ3v) is 9.23. The topological polar surface area (TPSA) is 61.0 Å². The first kappa shape index (κ1) is 25.0. The van der Waals surface area contributed by atoms with Gasteiger partial charge in [-0.2, -0.15) is 4.52 Å². The van der Waals surface area contributed by atoms with Gasteiger partial charge in [-0.3, -0.25) is 9.59 Å². The molecule has 0 aliphatic heterocycles. The molecule has 6 nitrogen and oxygen atoms in total. The van der Waals surface area contributed by atoms with Gasteiger partial charge in [0.15, 0.2) is 0 Å². The first-order chi connectivity index (χ1) is 22.7. The molecule has 216 valence electrons. The fourth-order valence-electron chi connectivity index (χ4n) is 7.25. The Bertz CT molecular complexity index is 2960. The minimum atomic E-state index is -0.345. The van der Waals surface area contributed by atoms with Crippen molar-refractivity contribution in [1.82, 2.24) is 13.6 Å². The van der Waals surface area contributed by atoms with Crippen LogP contribution in [-0.2, 0) is 0 Å². The third-order valence-electron chi connectivity index (χ3n) is 9.23. The van der Waals surface area contributed by atoms with Crippen LogP contribution in [0.3, 0.4) is 0 Å². The van der Waals surface area contributed by atoms with Gasteiger partial charge in [-0.1, -0.05) is 97.1 Å². The molecule has 10 rings (SSSR count). The van der Waals surface area contributed by atoms with Crippen molar-refractivity contribution in [2.24, 2.45) is 0 Å². The molecular formula is C40H23N3O3. The molecule has 10 aromatic rings. The first-order valence-electron chi connectivity index (χ1n) is 15.2. The summed E-state index contributed by atoms with van der Waals surface area (Å²) in [5, 5.41) is 3.42. The summed E-state index contributed by atoms with van der Waals surface area (Å²) in [7, 11) is 0. The van der Waals surface area contributed by atoms with Gasteiger partial charge in [0.25, 0.3) is 11.1 Å². The predicted octanol–water partition coefficient (Wildman–Crippen LogP) is 8.68. The summed E-state index contributed by atoms with van der Waals surface area (Å²) < 4.78 is 11.2. The molecular weight excluding hydrogens is 570 g/mol. The normalized spacial score (nSPS) is 12.1. The maximum atomic E-state index is 14.3. The second-order valence-corrected chi connectivity index (χ2v) is 11.7. The highest BCUT2D eigenvalue weighted by atomic mass is 16.3. The molecule has 0 aliphatic carbocycles. The zero-order valence-electron chi connectivity index (χ0n) is 24.3. The van der Waals surface area contributed by atoms with E-state index in [9.17, 15) is 9.59 Å². The molecule has 0 bridgehead atoms. The van der Waals surface area contributed by atoms with Gasteiger partial charge in [0.2, 0.25) is 0 Å². The van der Waals surface area contributed by atoms with Crippen molar-refractivity contribution in [3.63, 3.8) is 0 Å². The van der Waals surface area contributed by atoms with E-state index in [2.05, 4.69) is 30.3 Å². The molecule has 0 fully saturated rings. The summed E-state index contributed by atoms with van der Waals surface area (Å²) in [5.74, 6) is 0. The summed E-state index contributed by atoms with van der Waals surface area (Å²) in [6.45, 7) is 0. The van der Waals surface area contributed by atoms with Crippen molar-refractivity contribution < 1.29 is 4.42 Å². The van der Waals surface area contributed by atoms with Crippen molar-refractivity contribution in [2.75, 3.05) is 0 Å². The second-order valence-electron chi connectivity index (χ2n) is 11.7. The molecule has 0 unspecified atom stereocenters. The predicted molar refractivity (Wildman–Crippen MR) is 185 cm³/mol. The smallest absolute Gasteiger partial charge is 0.299 e. The van der Waals surface area contributed by atoms with Gasteiger partial charge in [0.1, 0.15) is 22.2 Å². The Morgan fingerprint density at radius 1 is 0.457 bits per heavy atom. The van der Waals surface area contributed by atoms with Crippen LogP contribution < -0.4 is 11.1 Å². The van der Waals surface area contributed by atoms with Gasteiger partial charge in [0.05, 0.1) is 16.4 Å². The highest BCUT2D eigenvalue weighted by Crippen LogP contribution is 2.38. The van der Waals surface area contributed by atoms with E-state index in [4.69, 9.17) is 4.42 Å². The lowest BCUT2D eigenvalue weighted by atomic mass is 9.98. The fraction of sp³-hybridized carbons (Fsp3) is 0. The zero-order valence-corrected chi connectivity index (χ0v) is 24.3. The number of hydrogen-bond donors (Lipinski definition) is 0. The molecule has 6 heteroatoms. The van der Waals surface area contributed by atoms with Crippen LogP contribution in [0.15, 0.2) is 154 Å². The van der Waals surface area contributed by atoms with Gasteiger partial charge in [0, 0.05) is 21.8 Å². The highest BCUT2D eigenvalue weighted by molar-refractivity contribution is 6.13. The van der Waals surface area contributed by atoms with Crippen molar-refractivity contribution >= 4 is 54.8 Å². The lowest BCUT2D eigenvalue weighted by Gasteiger charge is -2.09. The van der Waals surface area contributed by atoms with E-state index < -0.39 is 0 Å². The first-order valence-corrected chi connectivity index (χ1v) is 15.2. The van der Waals surface area contributed by atoms with E-state index in [1.165, 1.54) is 4.52 Å². The van der Waals surface area contributed by atoms with Crippen LogP contribution in [0.1, 0.15) is 0 Å². The van der Waals surface area contributed by atoms with E-state index in [1.807, 2.05) is 114 Å². The summed E-state index contributed by atoms with van der Waals surface area (Å²) in [5.41, 5.74) is 8.57.